The van der Waals surface area contributed by atoms with Crippen LogP contribution < -0.4 is 10.6 Å². The Morgan fingerprint density at radius 1 is 1.25 bits per heavy atom. The van der Waals surface area contributed by atoms with Crippen LogP contribution in [-0.2, 0) is 9.53 Å². The highest BCUT2D eigenvalue weighted by atomic mass is 16.5. The van der Waals surface area contributed by atoms with Crippen LogP contribution in [0.2, 0.25) is 0 Å². The van der Waals surface area contributed by atoms with Crippen LogP contribution in [0.25, 0.3) is 0 Å². The SMILES string of the molecule is O=C1NC2(CCOCC2)C(=O)N1C1CNC1. The van der Waals surface area contributed by atoms with Crippen molar-refractivity contribution < 1.29 is 14.3 Å². The van der Waals surface area contributed by atoms with Crippen LogP contribution in [0, 0.1) is 0 Å². The lowest BCUT2D eigenvalue weighted by Crippen LogP contribution is -2.60. The van der Waals surface area contributed by atoms with Crippen molar-refractivity contribution in [2.75, 3.05) is 26.3 Å². The van der Waals surface area contributed by atoms with Gasteiger partial charge in [0.15, 0.2) is 0 Å². The average molecular weight is 225 g/mol. The van der Waals surface area contributed by atoms with Crippen molar-refractivity contribution >= 4 is 11.9 Å². The minimum atomic E-state index is -0.676. The number of carbonyl (C=O) groups is 2. The Hall–Kier alpha value is -1.14. The first-order valence-corrected chi connectivity index (χ1v) is 5.67. The summed E-state index contributed by atoms with van der Waals surface area (Å²) in [4.78, 5) is 25.5. The zero-order valence-electron chi connectivity index (χ0n) is 8.99. The summed E-state index contributed by atoms with van der Waals surface area (Å²) >= 11 is 0. The standard InChI is InChI=1S/C10H15N3O3/c14-8-10(1-3-16-4-2-10)12-9(15)13(8)7-5-11-6-7/h7,11H,1-6H2,(H,12,15). The molecule has 0 saturated carbocycles. The summed E-state index contributed by atoms with van der Waals surface area (Å²) in [6.07, 6.45) is 1.18. The molecule has 0 aromatic rings. The first-order valence-electron chi connectivity index (χ1n) is 5.67. The van der Waals surface area contributed by atoms with Gasteiger partial charge in [-0.15, -0.1) is 0 Å². The lowest BCUT2D eigenvalue weighted by atomic mass is 9.90. The van der Waals surface area contributed by atoms with Crippen LogP contribution >= 0.6 is 0 Å². The molecule has 1 spiro atoms. The molecule has 6 nitrogen and oxygen atoms in total. The van der Waals surface area contributed by atoms with E-state index in [-0.39, 0.29) is 18.0 Å². The number of carbonyl (C=O) groups excluding carboxylic acids is 2. The highest BCUT2D eigenvalue weighted by molar-refractivity contribution is 6.07. The van der Waals surface area contributed by atoms with E-state index in [9.17, 15) is 9.59 Å². The molecule has 6 heteroatoms. The van der Waals surface area contributed by atoms with E-state index in [1.165, 1.54) is 4.90 Å². The summed E-state index contributed by atoms with van der Waals surface area (Å²) in [5, 5.41) is 5.92. The Labute approximate surface area is 93.3 Å². The zero-order chi connectivity index (χ0) is 11.2. The molecule has 2 N–H and O–H groups in total. The smallest absolute Gasteiger partial charge is 0.325 e. The molecule has 3 aliphatic heterocycles. The van der Waals surface area contributed by atoms with Gasteiger partial charge in [-0.25, -0.2) is 4.79 Å². The first kappa shape index (κ1) is 10.0. The highest BCUT2D eigenvalue weighted by Crippen LogP contribution is 2.30. The number of nitrogens with one attached hydrogen (secondary N) is 2. The molecule has 3 amide bonds. The number of rotatable bonds is 1. The Balaban J connectivity index is 1.83. The predicted octanol–water partition coefficient (Wildman–Crippen LogP) is -0.941. The number of amides is 3. The van der Waals surface area contributed by atoms with E-state index in [1.807, 2.05) is 0 Å². The average Bonchev–Trinajstić information content (AvgIpc) is 2.42. The summed E-state index contributed by atoms with van der Waals surface area (Å²) in [5.41, 5.74) is -0.676. The molecule has 0 aliphatic carbocycles. The van der Waals surface area contributed by atoms with E-state index in [0.717, 1.165) is 0 Å². The maximum Gasteiger partial charge on any atom is 0.325 e. The van der Waals surface area contributed by atoms with Gasteiger partial charge in [-0.05, 0) is 0 Å². The second-order valence-electron chi connectivity index (χ2n) is 4.61. The topological polar surface area (TPSA) is 70.7 Å². The fraction of sp³-hybridized carbons (Fsp3) is 0.800. The number of urea groups is 1. The quantitative estimate of drug-likeness (QED) is 0.565. The molecule has 3 saturated heterocycles. The van der Waals surface area contributed by atoms with Gasteiger partial charge in [0, 0.05) is 39.1 Å². The summed E-state index contributed by atoms with van der Waals surface area (Å²) < 4.78 is 5.24. The Morgan fingerprint density at radius 2 is 1.94 bits per heavy atom. The Kier molecular flexibility index (Phi) is 2.15. The van der Waals surface area contributed by atoms with Crippen LogP contribution in [-0.4, -0.2) is 54.7 Å². The molecular formula is C10H15N3O3. The second kappa shape index (κ2) is 3.43. The van der Waals surface area contributed by atoms with Crippen molar-refractivity contribution in [3.63, 3.8) is 0 Å². The number of hydrogen-bond acceptors (Lipinski definition) is 4. The predicted molar refractivity (Wildman–Crippen MR) is 54.8 cm³/mol. The molecule has 3 heterocycles. The van der Waals surface area contributed by atoms with Crippen LogP contribution in [0.1, 0.15) is 12.8 Å². The van der Waals surface area contributed by atoms with Gasteiger partial charge in [-0.2, -0.15) is 0 Å². The molecule has 0 aromatic carbocycles. The number of hydrogen-bond donors (Lipinski definition) is 2. The number of ether oxygens (including phenoxy) is 1. The fourth-order valence-electron chi connectivity index (χ4n) is 2.49. The summed E-state index contributed by atoms with van der Waals surface area (Å²) in [6.45, 7) is 2.52. The minimum absolute atomic E-state index is 0.0368. The molecule has 3 aliphatic rings. The van der Waals surface area contributed by atoms with Crippen molar-refractivity contribution in [2.24, 2.45) is 0 Å². The van der Waals surface area contributed by atoms with E-state index < -0.39 is 5.54 Å². The minimum Gasteiger partial charge on any atom is -0.381 e. The van der Waals surface area contributed by atoms with Crippen molar-refractivity contribution in [1.82, 2.24) is 15.5 Å². The first-order chi connectivity index (χ1) is 7.73. The van der Waals surface area contributed by atoms with Crippen LogP contribution in [0.15, 0.2) is 0 Å². The number of nitrogens with zero attached hydrogens (tertiary/aromatic N) is 1. The maximum atomic E-state index is 12.3. The zero-order valence-corrected chi connectivity index (χ0v) is 8.99. The van der Waals surface area contributed by atoms with E-state index >= 15 is 0 Å². The molecule has 0 atom stereocenters. The van der Waals surface area contributed by atoms with Gasteiger partial charge in [0.2, 0.25) is 0 Å². The summed E-state index contributed by atoms with van der Waals surface area (Å²) in [5.74, 6) is -0.0627. The molecule has 88 valence electrons. The third-order valence-corrected chi connectivity index (χ3v) is 3.66. The Bertz CT molecular complexity index is 334. The second-order valence-corrected chi connectivity index (χ2v) is 4.61. The van der Waals surface area contributed by atoms with Gasteiger partial charge in [0.05, 0.1) is 6.04 Å². The summed E-state index contributed by atoms with van der Waals surface area (Å²) in [7, 11) is 0. The molecule has 0 aromatic heterocycles. The van der Waals surface area contributed by atoms with E-state index in [0.29, 0.717) is 39.1 Å². The Morgan fingerprint density at radius 3 is 2.50 bits per heavy atom. The van der Waals surface area contributed by atoms with Crippen molar-refractivity contribution in [1.29, 1.82) is 0 Å². The molecule has 0 radical (unpaired) electrons. The monoisotopic (exact) mass is 225 g/mol. The molecule has 0 bridgehead atoms. The van der Waals surface area contributed by atoms with Crippen molar-refractivity contribution in [2.45, 2.75) is 24.4 Å². The molecular weight excluding hydrogens is 210 g/mol. The van der Waals surface area contributed by atoms with Gasteiger partial charge in [0.25, 0.3) is 5.91 Å². The summed E-state index contributed by atoms with van der Waals surface area (Å²) in [6, 6.07) is -0.201. The maximum absolute atomic E-state index is 12.3. The van der Waals surface area contributed by atoms with Gasteiger partial charge >= 0.3 is 6.03 Å². The van der Waals surface area contributed by atoms with Crippen LogP contribution in [0.5, 0.6) is 0 Å². The van der Waals surface area contributed by atoms with E-state index in [2.05, 4.69) is 10.6 Å². The van der Waals surface area contributed by atoms with Crippen LogP contribution in [0.4, 0.5) is 4.79 Å². The lowest BCUT2D eigenvalue weighted by Gasteiger charge is -2.35. The molecule has 3 rings (SSSR count). The van der Waals surface area contributed by atoms with E-state index in [4.69, 9.17) is 4.74 Å². The lowest BCUT2D eigenvalue weighted by molar-refractivity contribution is -0.136. The van der Waals surface area contributed by atoms with Crippen LogP contribution in [0.3, 0.4) is 0 Å². The molecule has 16 heavy (non-hydrogen) atoms. The van der Waals surface area contributed by atoms with Gasteiger partial charge in [-0.3, -0.25) is 9.69 Å². The van der Waals surface area contributed by atoms with Gasteiger partial charge in [0.1, 0.15) is 5.54 Å². The number of imide groups is 1. The van der Waals surface area contributed by atoms with Crippen molar-refractivity contribution in [3.8, 4) is 0 Å². The third kappa shape index (κ3) is 1.26. The van der Waals surface area contributed by atoms with E-state index in [1.54, 1.807) is 0 Å². The molecule has 0 unspecified atom stereocenters. The fourth-order valence-corrected chi connectivity index (χ4v) is 2.49. The largest absolute Gasteiger partial charge is 0.381 e. The third-order valence-electron chi connectivity index (χ3n) is 3.66. The van der Waals surface area contributed by atoms with Gasteiger partial charge in [-0.1, -0.05) is 0 Å². The highest BCUT2D eigenvalue weighted by Gasteiger charge is 2.54. The normalized spacial score (nSPS) is 29.4. The molecule has 3 fully saturated rings. The van der Waals surface area contributed by atoms with Crippen molar-refractivity contribution in [3.05, 3.63) is 0 Å². The van der Waals surface area contributed by atoms with Gasteiger partial charge < -0.3 is 15.4 Å².